The van der Waals surface area contributed by atoms with Gasteiger partial charge >= 0.3 is 6.09 Å². The first-order valence-electron chi connectivity index (χ1n) is 15.4. The van der Waals surface area contributed by atoms with Gasteiger partial charge in [0, 0.05) is 53.4 Å². The molecule has 5 rings (SSSR count). The van der Waals surface area contributed by atoms with E-state index in [1.54, 1.807) is 23.1 Å². The molecule has 1 saturated heterocycles. The van der Waals surface area contributed by atoms with E-state index in [1.807, 2.05) is 62.1 Å². The van der Waals surface area contributed by atoms with E-state index in [1.165, 1.54) is 0 Å². The summed E-state index contributed by atoms with van der Waals surface area (Å²) in [5.74, 6) is 0.458. The summed E-state index contributed by atoms with van der Waals surface area (Å²) in [5, 5.41) is 17.4. The highest BCUT2D eigenvalue weighted by atomic mass is 35.5. The molecule has 3 aromatic rings. The third kappa shape index (κ3) is 6.67. The number of piperidine rings is 1. The second kappa shape index (κ2) is 12.1. The molecule has 0 spiro atoms. The smallest absolute Gasteiger partial charge is 0.410 e. The molecule has 1 aliphatic heterocycles. The van der Waals surface area contributed by atoms with Crippen molar-refractivity contribution in [1.82, 2.24) is 20.0 Å². The second-order valence-electron chi connectivity index (χ2n) is 14.3. The average molecular weight is 632 g/mol. The second-order valence-corrected chi connectivity index (χ2v) is 14.7. The van der Waals surface area contributed by atoms with E-state index in [4.69, 9.17) is 26.3 Å². The first-order valence-corrected chi connectivity index (χ1v) is 15.8. The molecule has 1 saturated carbocycles. The number of carbonyl (C=O) groups is 2. The maximum Gasteiger partial charge on any atom is 0.410 e. The van der Waals surface area contributed by atoms with Gasteiger partial charge in [0.15, 0.2) is 0 Å². The number of halogens is 1. The Morgan fingerprint density at radius 1 is 1.02 bits per heavy atom. The Bertz CT molecular complexity index is 1590. The number of ether oxygens (including phenoxy) is 2. The lowest BCUT2D eigenvalue weighted by Crippen LogP contribution is -2.74. The first-order chi connectivity index (χ1) is 21.1. The van der Waals surface area contributed by atoms with Crippen molar-refractivity contribution >= 4 is 23.6 Å². The fourth-order valence-corrected chi connectivity index (χ4v) is 7.16. The minimum absolute atomic E-state index is 0.129. The summed E-state index contributed by atoms with van der Waals surface area (Å²) in [6.07, 6.45) is 5.04. The van der Waals surface area contributed by atoms with Gasteiger partial charge in [-0.2, -0.15) is 10.4 Å². The molecular weight excluding hydrogens is 590 g/mol. The predicted molar refractivity (Wildman–Crippen MR) is 173 cm³/mol. The molecule has 2 fully saturated rings. The van der Waals surface area contributed by atoms with Crippen LogP contribution in [-0.4, -0.2) is 57.5 Å². The fraction of sp³-hybridized carbons (Fsp3) is 0.486. The number of nitrogens with zero attached hydrogens (tertiary/aromatic N) is 4. The van der Waals surface area contributed by atoms with Crippen molar-refractivity contribution in [3.05, 3.63) is 71.0 Å². The number of hydrogen-bond acceptors (Lipinski definition) is 6. The van der Waals surface area contributed by atoms with Crippen LogP contribution >= 0.6 is 11.6 Å². The molecule has 1 N–H and O–H groups in total. The summed E-state index contributed by atoms with van der Waals surface area (Å²) in [6.45, 7) is 15.2. The Kier molecular flexibility index (Phi) is 8.67. The van der Waals surface area contributed by atoms with Crippen molar-refractivity contribution in [2.24, 2.45) is 10.8 Å². The van der Waals surface area contributed by atoms with Crippen molar-refractivity contribution < 1.29 is 19.1 Å². The van der Waals surface area contributed by atoms with Crippen LogP contribution in [0.1, 0.15) is 83.3 Å². The summed E-state index contributed by atoms with van der Waals surface area (Å²) in [6, 6.07) is 14.8. The zero-order chi connectivity index (χ0) is 32.7. The van der Waals surface area contributed by atoms with Crippen LogP contribution in [0.4, 0.5) is 4.79 Å². The van der Waals surface area contributed by atoms with E-state index in [2.05, 4.69) is 44.2 Å². The number of hydrogen-bond donors (Lipinski definition) is 1. The van der Waals surface area contributed by atoms with Gasteiger partial charge in [-0.3, -0.25) is 9.48 Å². The lowest BCUT2D eigenvalue weighted by molar-refractivity contribution is -0.164. The molecule has 1 aromatic heterocycles. The zero-order valence-corrected chi connectivity index (χ0v) is 27.8. The molecule has 0 radical (unpaired) electrons. The lowest BCUT2D eigenvalue weighted by atomic mass is 9.49. The Labute approximate surface area is 270 Å². The maximum atomic E-state index is 13.4. The minimum atomic E-state index is -0.507. The van der Waals surface area contributed by atoms with Crippen LogP contribution in [0.2, 0.25) is 5.02 Å². The molecule has 1 aliphatic carbocycles. The first kappa shape index (κ1) is 32.4. The number of nitriles is 1. The van der Waals surface area contributed by atoms with Gasteiger partial charge in [-0.25, -0.2) is 4.79 Å². The molecule has 10 heteroatoms. The molecule has 0 unspecified atom stereocenters. The summed E-state index contributed by atoms with van der Waals surface area (Å²) < 4.78 is 13.8. The maximum absolute atomic E-state index is 13.4. The van der Waals surface area contributed by atoms with Gasteiger partial charge in [0.25, 0.3) is 5.91 Å². The van der Waals surface area contributed by atoms with Crippen molar-refractivity contribution in [1.29, 1.82) is 5.26 Å². The quantitative estimate of drug-likeness (QED) is 0.307. The molecule has 2 aliphatic rings. The lowest BCUT2D eigenvalue weighted by Gasteiger charge is -2.63. The molecule has 45 heavy (non-hydrogen) atoms. The highest BCUT2D eigenvalue weighted by molar-refractivity contribution is 6.31. The number of amides is 2. The molecule has 2 amide bonds. The Morgan fingerprint density at radius 2 is 1.67 bits per heavy atom. The SMILES string of the molecule is CC(C)(C)OC(=O)N1CCC(n2cc(-c3ccc(C(=O)NC4C(C)(C)C(Oc5ccc(C#N)c(Cl)c5)C4(C)C)cc3)cn2)CC1. The van der Waals surface area contributed by atoms with E-state index < -0.39 is 5.60 Å². The zero-order valence-electron chi connectivity index (χ0n) is 27.1. The molecular formula is C35H42ClN5O4. The third-order valence-electron chi connectivity index (χ3n) is 9.00. The topological polar surface area (TPSA) is 109 Å². The molecule has 2 aromatic carbocycles. The van der Waals surface area contributed by atoms with Crippen LogP contribution in [0.15, 0.2) is 54.9 Å². The largest absolute Gasteiger partial charge is 0.489 e. The standard InChI is InChI=1S/C35H42ClN5O4/c1-33(2,3)45-32(43)40-16-14-26(15-17-40)41-21-25(20-38-41)22-8-10-23(11-9-22)29(42)39-30-34(4,5)31(35(30,6)7)44-27-13-12-24(19-37)28(36)18-27/h8-13,18,20-21,26,30-31H,14-17H2,1-7H3,(H,39,42). The van der Waals surface area contributed by atoms with Gasteiger partial charge in [0.2, 0.25) is 0 Å². The molecule has 238 valence electrons. The Morgan fingerprint density at radius 3 is 2.24 bits per heavy atom. The van der Waals surface area contributed by atoms with Gasteiger partial charge in [0.05, 0.1) is 22.8 Å². The van der Waals surface area contributed by atoms with Gasteiger partial charge in [-0.1, -0.05) is 51.4 Å². The summed E-state index contributed by atoms with van der Waals surface area (Å²) in [5.41, 5.74) is 1.72. The van der Waals surface area contributed by atoms with Gasteiger partial charge in [-0.15, -0.1) is 0 Å². The van der Waals surface area contributed by atoms with Crippen LogP contribution in [-0.2, 0) is 4.74 Å². The highest BCUT2D eigenvalue weighted by Crippen LogP contribution is 2.55. The Hall–Kier alpha value is -4.03. The highest BCUT2D eigenvalue weighted by Gasteiger charge is 2.64. The van der Waals surface area contributed by atoms with Crippen LogP contribution in [0.5, 0.6) is 5.75 Å². The summed E-state index contributed by atoms with van der Waals surface area (Å²) in [7, 11) is 0. The van der Waals surface area contributed by atoms with Crippen LogP contribution in [0, 0.1) is 22.2 Å². The summed E-state index contributed by atoms with van der Waals surface area (Å²) in [4.78, 5) is 27.5. The Balaban J connectivity index is 1.18. The van der Waals surface area contributed by atoms with Crippen LogP contribution in [0.25, 0.3) is 11.1 Å². The van der Waals surface area contributed by atoms with Gasteiger partial charge < -0.3 is 19.7 Å². The molecule has 9 nitrogen and oxygen atoms in total. The van der Waals surface area contributed by atoms with Crippen LogP contribution < -0.4 is 10.1 Å². The van der Waals surface area contributed by atoms with E-state index in [9.17, 15) is 9.59 Å². The number of nitrogens with one attached hydrogen (secondary N) is 1. The number of aromatic nitrogens is 2. The fourth-order valence-electron chi connectivity index (χ4n) is 6.95. The van der Waals surface area contributed by atoms with E-state index >= 15 is 0 Å². The van der Waals surface area contributed by atoms with Gasteiger partial charge in [0.1, 0.15) is 23.5 Å². The van der Waals surface area contributed by atoms with E-state index in [0.717, 1.165) is 24.0 Å². The minimum Gasteiger partial charge on any atom is -0.489 e. The average Bonchev–Trinajstić information content (AvgIpc) is 3.48. The van der Waals surface area contributed by atoms with Crippen LogP contribution in [0.3, 0.4) is 0 Å². The molecule has 0 atom stereocenters. The predicted octanol–water partition coefficient (Wildman–Crippen LogP) is 7.26. The number of rotatable bonds is 6. The van der Waals surface area contributed by atoms with Crippen molar-refractivity contribution in [3.63, 3.8) is 0 Å². The monoisotopic (exact) mass is 631 g/mol. The molecule has 0 bridgehead atoms. The van der Waals surface area contributed by atoms with Crippen molar-refractivity contribution in [2.75, 3.05) is 13.1 Å². The van der Waals surface area contributed by atoms with E-state index in [0.29, 0.717) is 35.0 Å². The number of carbonyl (C=O) groups excluding carboxylic acids is 2. The van der Waals surface area contributed by atoms with Gasteiger partial charge in [-0.05, 0) is 63.4 Å². The van der Waals surface area contributed by atoms with Crippen molar-refractivity contribution in [3.8, 4) is 22.9 Å². The number of likely N-dealkylation sites (tertiary alicyclic amines) is 1. The normalized spacial score (nSPS) is 20.9. The number of benzene rings is 2. The molecule has 2 heterocycles. The van der Waals surface area contributed by atoms with Crippen molar-refractivity contribution in [2.45, 2.75) is 85.1 Å². The summed E-state index contributed by atoms with van der Waals surface area (Å²) >= 11 is 6.22. The van der Waals surface area contributed by atoms with E-state index in [-0.39, 0.29) is 41.0 Å². The third-order valence-corrected chi connectivity index (χ3v) is 9.31.